The van der Waals surface area contributed by atoms with Crippen molar-refractivity contribution in [1.29, 1.82) is 5.41 Å². The van der Waals surface area contributed by atoms with Gasteiger partial charge in [0.15, 0.2) is 0 Å². The second kappa shape index (κ2) is 4.15. The number of nitrogens with two attached hydrogens (primary N) is 1. The molecule has 0 radical (unpaired) electrons. The van der Waals surface area contributed by atoms with Crippen LogP contribution in [0.5, 0.6) is 0 Å². The van der Waals surface area contributed by atoms with Gasteiger partial charge in [0.1, 0.15) is 0 Å². The third-order valence-corrected chi connectivity index (χ3v) is 3.51. The van der Waals surface area contributed by atoms with Crippen molar-refractivity contribution in [3.05, 3.63) is 0 Å². The molecule has 98 valence electrons. The molecule has 0 aromatic heterocycles. The second-order valence-corrected chi connectivity index (χ2v) is 5.45. The van der Waals surface area contributed by atoms with E-state index in [2.05, 4.69) is 0 Å². The number of nitrogens with one attached hydrogen (secondary N) is 1. The lowest BCUT2D eigenvalue weighted by Gasteiger charge is -2.28. The smallest absolute Gasteiger partial charge is 0.388 e. The van der Waals surface area contributed by atoms with Crippen molar-refractivity contribution >= 4 is 5.84 Å². The number of nitrogens with zero attached hydrogens (tertiary/aromatic N) is 1. The monoisotopic (exact) mass is 249 g/mol. The average Bonchev–Trinajstić information content (AvgIpc) is 2.91. The molecule has 2 aliphatic carbocycles. The lowest BCUT2D eigenvalue weighted by molar-refractivity contribution is -0.148. The van der Waals surface area contributed by atoms with Crippen LogP contribution in [-0.4, -0.2) is 36.0 Å². The van der Waals surface area contributed by atoms with E-state index in [1.807, 2.05) is 0 Å². The molecule has 17 heavy (non-hydrogen) atoms. The van der Waals surface area contributed by atoms with Crippen molar-refractivity contribution in [2.75, 3.05) is 13.1 Å². The predicted octanol–water partition coefficient (Wildman–Crippen LogP) is 2.12. The Kier molecular flexibility index (Phi) is 3.10. The number of alkyl halides is 3. The van der Waals surface area contributed by atoms with Gasteiger partial charge in [-0.05, 0) is 31.1 Å². The molecule has 2 saturated carbocycles. The summed E-state index contributed by atoms with van der Waals surface area (Å²) in [5.41, 5.74) is 5.22. The Hall–Kier alpha value is -0.780. The van der Waals surface area contributed by atoms with Crippen molar-refractivity contribution in [2.24, 2.45) is 11.1 Å². The minimum atomic E-state index is -4.13. The van der Waals surface area contributed by atoms with Crippen LogP contribution in [0.3, 0.4) is 0 Å². The van der Waals surface area contributed by atoms with Gasteiger partial charge in [-0.2, -0.15) is 13.2 Å². The molecular formula is C11H18F3N3. The molecule has 0 aromatic carbocycles. The highest BCUT2D eigenvalue weighted by molar-refractivity contribution is 5.78. The fourth-order valence-electron chi connectivity index (χ4n) is 2.39. The minimum Gasteiger partial charge on any atom is -0.388 e. The first kappa shape index (κ1) is 12.7. The van der Waals surface area contributed by atoms with E-state index in [1.165, 1.54) is 4.90 Å². The topological polar surface area (TPSA) is 53.1 Å². The zero-order chi connectivity index (χ0) is 12.7. The normalized spacial score (nSPS) is 22.8. The molecular weight excluding hydrogens is 231 g/mol. The summed E-state index contributed by atoms with van der Waals surface area (Å²) in [6.45, 7) is -0.381. The first-order valence-electron chi connectivity index (χ1n) is 5.93. The van der Waals surface area contributed by atoms with Gasteiger partial charge in [0.05, 0.1) is 12.4 Å². The first-order chi connectivity index (χ1) is 7.80. The summed E-state index contributed by atoms with van der Waals surface area (Å²) in [5, 5.41) is 7.27. The Morgan fingerprint density at radius 2 is 1.94 bits per heavy atom. The van der Waals surface area contributed by atoms with Gasteiger partial charge in [0, 0.05) is 19.0 Å². The third-order valence-electron chi connectivity index (χ3n) is 3.51. The van der Waals surface area contributed by atoms with Crippen LogP contribution in [0.4, 0.5) is 13.2 Å². The van der Waals surface area contributed by atoms with Crippen molar-refractivity contribution in [3.8, 4) is 0 Å². The van der Waals surface area contributed by atoms with Crippen LogP contribution in [0.1, 0.15) is 32.1 Å². The highest BCUT2D eigenvalue weighted by Crippen LogP contribution is 2.50. The Labute approximate surface area is 98.7 Å². The van der Waals surface area contributed by atoms with Crippen LogP contribution < -0.4 is 5.73 Å². The summed E-state index contributed by atoms with van der Waals surface area (Å²) in [4.78, 5) is 1.54. The van der Waals surface area contributed by atoms with E-state index in [0.29, 0.717) is 13.0 Å². The lowest BCUT2D eigenvalue weighted by atomic mass is 10.0. The molecule has 2 rings (SSSR count). The lowest BCUT2D eigenvalue weighted by Crippen LogP contribution is -2.40. The predicted molar refractivity (Wildman–Crippen MR) is 58.8 cm³/mol. The SMILES string of the molecule is N=C(N)CC1(CN(CC(F)(F)F)C2CC2)CC1. The molecule has 0 saturated heterocycles. The van der Waals surface area contributed by atoms with Gasteiger partial charge in [-0.25, -0.2) is 0 Å². The van der Waals surface area contributed by atoms with E-state index in [1.54, 1.807) is 0 Å². The Morgan fingerprint density at radius 1 is 1.35 bits per heavy atom. The number of halogens is 3. The molecule has 0 atom stereocenters. The van der Waals surface area contributed by atoms with Crippen LogP contribution >= 0.6 is 0 Å². The average molecular weight is 249 g/mol. The quantitative estimate of drug-likeness (QED) is 0.559. The molecule has 0 spiro atoms. The van der Waals surface area contributed by atoms with Crippen LogP contribution in [0.2, 0.25) is 0 Å². The van der Waals surface area contributed by atoms with E-state index in [4.69, 9.17) is 11.1 Å². The number of hydrogen-bond donors (Lipinski definition) is 2. The summed E-state index contributed by atoms with van der Waals surface area (Å²) in [6.07, 6.45) is -0.164. The highest BCUT2D eigenvalue weighted by Gasteiger charge is 2.48. The molecule has 3 N–H and O–H groups in total. The maximum Gasteiger partial charge on any atom is 0.401 e. The van der Waals surface area contributed by atoms with Gasteiger partial charge in [-0.3, -0.25) is 10.3 Å². The maximum atomic E-state index is 12.4. The fraction of sp³-hybridized carbons (Fsp3) is 0.909. The summed E-state index contributed by atoms with van der Waals surface area (Å²) < 4.78 is 37.3. The summed E-state index contributed by atoms with van der Waals surface area (Å²) in [5.74, 6) is 0.0882. The Morgan fingerprint density at radius 3 is 2.29 bits per heavy atom. The molecule has 6 heteroatoms. The van der Waals surface area contributed by atoms with Gasteiger partial charge in [0.25, 0.3) is 0 Å². The number of rotatable bonds is 6. The Bertz CT molecular complexity index is 306. The highest BCUT2D eigenvalue weighted by atomic mass is 19.4. The van der Waals surface area contributed by atoms with Gasteiger partial charge in [0.2, 0.25) is 0 Å². The van der Waals surface area contributed by atoms with Crippen LogP contribution in [0.25, 0.3) is 0 Å². The molecule has 0 aliphatic heterocycles. The second-order valence-electron chi connectivity index (χ2n) is 5.45. The van der Waals surface area contributed by atoms with E-state index in [9.17, 15) is 13.2 Å². The summed E-state index contributed by atoms with van der Waals surface area (Å²) >= 11 is 0. The van der Waals surface area contributed by atoms with Crippen molar-refractivity contribution in [3.63, 3.8) is 0 Å². The molecule has 0 unspecified atom stereocenters. The minimum absolute atomic E-state index is 0.0882. The van der Waals surface area contributed by atoms with Crippen molar-refractivity contribution < 1.29 is 13.2 Å². The molecule has 2 fully saturated rings. The van der Waals surface area contributed by atoms with E-state index in [-0.39, 0.29) is 17.3 Å². The van der Waals surface area contributed by atoms with Crippen molar-refractivity contribution in [1.82, 2.24) is 4.90 Å². The van der Waals surface area contributed by atoms with Gasteiger partial charge in [-0.1, -0.05) is 0 Å². The molecule has 0 bridgehead atoms. The number of amidine groups is 1. The standard InChI is InChI=1S/C11H18F3N3/c12-11(13,14)7-17(8-1-2-8)6-10(3-4-10)5-9(15)16/h8H,1-7H2,(H3,15,16). The number of hydrogen-bond acceptors (Lipinski definition) is 2. The zero-order valence-corrected chi connectivity index (χ0v) is 9.69. The van der Waals surface area contributed by atoms with Crippen LogP contribution in [0.15, 0.2) is 0 Å². The van der Waals surface area contributed by atoms with Crippen LogP contribution in [-0.2, 0) is 0 Å². The van der Waals surface area contributed by atoms with E-state index in [0.717, 1.165) is 25.7 Å². The molecule has 0 amide bonds. The van der Waals surface area contributed by atoms with Crippen molar-refractivity contribution in [2.45, 2.75) is 44.3 Å². The van der Waals surface area contributed by atoms with E-state index < -0.39 is 12.7 Å². The largest absolute Gasteiger partial charge is 0.401 e. The fourth-order valence-corrected chi connectivity index (χ4v) is 2.39. The molecule has 0 aromatic rings. The van der Waals surface area contributed by atoms with E-state index >= 15 is 0 Å². The van der Waals surface area contributed by atoms with Gasteiger partial charge >= 0.3 is 6.18 Å². The maximum absolute atomic E-state index is 12.4. The van der Waals surface area contributed by atoms with Gasteiger partial charge in [-0.15, -0.1) is 0 Å². The van der Waals surface area contributed by atoms with Crippen LogP contribution in [0, 0.1) is 10.8 Å². The molecule has 2 aliphatic rings. The molecule has 0 heterocycles. The Balaban J connectivity index is 1.91. The first-order valence-corrected chi connectivity index (χ1v) is 5.93. The summed E-state index contributed by atoms with van der Waals surface area (Å²) in [7, 11) is 0. The summed E-state index contributed by atoms with van der Waals surface area (Å²) in [6, 6.07) is 0.0982. The molecule has 3 nitrogen and oxygen atoms in total. The zero-order valence-electron chi connectivity index (χ0n) is 9.69. The third kappa shape index (κ3) is 3.87. The van der Waals surface area contributed by atoms with Gasteiger partial charge < -0.3 is 5.73 Å².